The summed E-state index contributed by atoms with van der Waals surface area (Å²) in [6.07, 6.45) is 1.80. The molecule has 2 aliphatic rings. The smallest absolute Gasteiger partial charge is 0.164 e. The van der Waals surface area contributed by atoms with E-state index in [1.807, 2.05) is 0 Å². The van der Waals surface area contributed by atoms with Gasteiger partial charge in [0.15, 0.2) is 11.4 Å². The monoisotopic (exact) mass is 297 g/mol. The molecule has 0 bridgehead atoms. The Bertz CT molecular complexity index is 525. The number of hydrogen-bond donors (Lipinski definition) is 2. The van der Waals surface area contributed by atoms with Crippen LogP contribution < -0.4 is 0 Å². The highest BCUT2D eigenvalue weighted by Gasteiger charge is 2.60. The van der Waals surface area contributed by atoms with Gasteiger partial charge in [0.1, 0.15) is 12.2 Å². The molecular weight excluding hydrogens is 274 g/mol. The van der Waals surface area contributed by atoms with Gasteiger partial charge in [-0.05, 0) is 26.7 Å². The van der Waals surface area contributed by atoms with E-state index in [1.165, 1.54) is 0 Å². The first-order valence-corrected chi connectivity index (χ1v) is 7.53. The van der Waals surface area contributed by atoms with Crippen molar-refractivity contribution in [3.63, 3.8) is 0 Å². The highest BCUT2D eigenvalue weighted by atomic mass is 16.7. The average Bonchev–Trinajstić information content (AvgIpc) is 2.99. The zero-order valence-corrected chi connectivity index (χ0v) is 12.7. The van der Waals surface area contributed by atoms with Crippen LogP contribution in [0.1, 0.15) is 45.0 Å². The number of nitrogens with zero attached hydrogens (tertiary/aromatic N) is 3. The van der Waals surface area contributed by atoms with Crippen LogP contribution in [-0.4, -0.2) is 49.8 Å². The Balaban J connectivity index is 1.93. The van der Waals surface area contributed by atoms with Gasteiger partial charge in [0.2, 0.25) is 0 Å². The summed E-state index contributed by atoms with van der Waals surface area (Å²) in [7, 11) is 0. The second-order valence-corrected chi connectivity index (χ2v) is 6.37. The molecule has 7 heteroatoms. The molecular formula is C14H23N3O4. The molecule has 118 valence electrons. The van der Waals surface area contributed by atoms with E-state index in [2.05, 4.69) is 17.2 Å². The molecule has 3 heterocycles. The fraction of sp³-hybridized carbons (Fsp3) is 0.857. The lowest BCUT2D eigenvalue weighted by atomic mass is 9.89. The number of aryl methyl sites for hydroxylation is 1. The largest absolute Gasteiger partial charge is 0.378 e. The summed E-state index contributed by atoms with van der Waals surface area (Å²) >= 11 is 0. The molecule has 21 heavy (non-hydrogen) atoms. The number of unbranched alkanes of at least 4 members (excludes halogenated alkanes) is 1. The summed E-state index contributed by atoms with van der Waals surface area (Å²) in [6.45, 7) is 5.93. The summed E-state index contributed by atoms with van der Waals surface area (Å²) in [5.41, 5.74) is 0.205. The predicted molar refractivity (Wildman–Crippen MR) is 73.4 cm³/mol. The number of rotatable bonds is 5. The topological polar surface area (TPSA) is 89.6 Å². The van der Waals surface area contributed by atoms with Gasteiger partial charge >= 0.3 is 0 Å². The van der Waals surface area contributed by atoms with Crippen LogP contribution in [-0.2, 0) is 28.0 Å². The van der Waals surface area contributed by atoms with Crippen LogP contribution in [0.5, 0.6) is 0 Å². The molecule has 0 spiro atoms. The van der Waals surface area contributed by atoms with E-state index in [0.717, 1.165) is 25.0 Å². The van der Waals surface area contributed by atoms with Crippen LogP contribution >= 0.6 is 0 Å². The van der Waals surface area contributed by atoms with Crippen LogP contribution in [0.15, 0.2) is 0 Å². The molecule has 0 saturated carbocycles. The zero-order chi connectivity index (χ0) is 15.3. The number of fused-ring (bicyclic) bond motifs is 3. The van der Waals surface area contributed by atoms with Crippen molar-refractivity contribution in [3.05, 3.63) is 11.4 Å². The third kappa shape index (κ3) is 2.38. The van der Waals surface area contributed by atoms with E-state index < -0.39 is 23.6 Å². The number of hydrogen-bond acceptors (Lipinski definition) is 6. The first-order chi connectivity index (χ1) is 9.86. The standard InChI is InChI=1S/C14H23N3O4/c1-4-5-6-9-12-14(19)10(7-17(12)16-15-9)20-8-11(14)21-13(2,3)18/h10-11,18-19H,4-8H2,1-3H3/t10-,11+,14-/m1/s1. The lowest BCUT2D eigenvalue weighted by Gasteiger charge is -2.32. The lowest BCUT2D eigenvalue weighted by Crippen LogP contribution is -2.46. The second-order valence-electron chi connectivity index (χ2n) is 6.37. The minimum atomic E-state index is -1.33. The Morgan fingerprint density at radius 2 is 2.29 bits per heavy atom. The van der Waals surface area contributed by atoms with Gasteiger partial charge < -0.3 is 19.7 Å². The maximum absolute atomic E-state index is 11.2. The Labute approximate surface area is 123 Å². The van der Waals surface area contributed by atoms with E-state index >= 15 is 0 Å². The molecule has 7 nitrogen and oxygen atoms in total. The molecule has 1 aromatic heterocycles. The van der Waals surface area contributed by atoms with E-state index in [-0.39, 0.29) is 6.61 Å². The van der Waals surface area contributed by atoms with Crippen molar-refractivity contribution < 1.29 is 19.7 Å². The highest BCUT2D eigenvalue weighted by Crippen LogP contribution is 2.45. The number of aromatic nitrogens is 3. The molecule has 0 radical (unpaired) electrons. The Hall–Kier alpha value is -1.02. The Kier molecular flexibility index (Phi) is 3.56. The minimum absolute atomic E-state index is 0.254. The zero-order valence-electron chi connectivity index (χ0n) is 12.7. The summed E-state index contributed by atoms with van der Waals surface area (Å²) < 4.78 is 13.0. The van der Waals surface area contributed by atoms with Gasteiger partial charge in [0, 0.05) is 0 Å². The second kappa shape index (κ2) is 5.01. The van der Waals surface area contributed by atoms with Gasteiger partial charge in [-0.15, -0.1) is 5.10 Å². The minimum Gasteiger partial charge on any atom is -0.378 e. The van der Waals surface area contributed by atoms with E-state index in [0.29, 0.717) is 12.2 Å². The van der Waals surface area contributed by atoms with Crippen LogP contribution in [0.3, 0.4) is 0 Å². The molecule has 2 N–H and O–H groups in total. The van der Waals surface area contributed by atoms with Crippen LogP contribution in [0.2, 0.25) is 0 Å². The fourth-order valence-corrected chi connectivity index (χ4v) is 3.22. The van der Waals surface area contributed by atoms with E-state index in [4.69, 9.17) is 9.47 Å². The summed E-state index contributed by atoms with van der Waals surface area (Å²) in [5, 5.41) is 29.4. The molecule has 2 aliphatic heterocycles. The van der Waals surface area contributed by atoms with Gasteiger partial charge in [-0.3, -0.25) is 0 Å². The summed E-state index contributed by atoms with van der Waals surface area (Å²) in [4.78, 5) is 0. The van der Waals surface area contributed by atoms with Crippen LogP contribution in [0.4, 0.5) is 0 Å². The van der Waals surface area contributed by atoms with Crippen molar-refractivity contribution in [3.8, 4) is 0 Å². The van der Waals surface area contributed by atoms with Gasteiger partial charge in [-0.1, -0.05) is 18.6 Å². The first-order valence-electron chi connectivity index (χ1n) is 7.53. The van der Waals surface area contributed by atoms with E-state index in [1.54, 1.807) is 18.5 Å². The van der Waals surface area contributed by atoms with Crippen LogP contribution in [0.25, 0.3) is 0 Å². The maximum atomic E-state index is 11.2. The van der Waals surface area contributed by atoms with Crippen molar-refractivity contribution >= 4 is 0 Å². The summed E-state index contributed by atoms with van der Waals surface area (Å²) in [6, 6.07) is 0. The predicted octanol–water partition coefficient (Wildman–Crippen LogP) is 0.334. The molecule has 0 aliphatic carbocycles. The number of ether oxygens (including phenoxy) is 2. The highest BCUT2D eigenvalue weighted by molar-refractivity contribution is 5.29. The van der Waals surface area contributed by atoms with Crippen molar-refractivity contribution in [1.29, 1.82) is 0 Å². The van der Waals surface area contributed by atoms with Crippen molar-refractivity contribution in [1.82, 2.24) is 15.0 Å². The third-order valence-electron chi connectivity index (χ3n) is 4.15. The SMILES string of the molecule is CCCCc1nnn2c1[C@]1(O)[C@@H](OC(C)(C)O)CO[C@@H]1C2. The van der Waals surface area contributed by atoms with Gasteiger partial charge in [-0.2, -0.15) is 0 Å². The molecule has 1 fully saturated rings. The lowest BCUT2D eigenvalue weighted by molar-refractivity contribution is -0.238. The van der Waals surface area contributed by atoms with E-state index in [9.17, 15) is 10.2 Å². The third-order valence-corrected chi connectivity index (χ3v) is 4.15. The molecule has 3 rings (SSSR count). The van der Waals surface area contributed by atoms with Gasteiger partial charge in [0.05, 0.1) is 24.5 Å². The molecule has 1 saturated heterocycles. The van der Waals surface area contributed by atoms with Gasteiger partial charge in [0.25, 0.3) is 0 Å². The van der Waals surface area contributed by atoms with Crippen molar-refractivity contribution in [2.24, 2.45) is 0 Å². The molecule has 1 aromatic rings. The maximum Gasteiger partial charge on any atom is 0.164 e. The Morgan fingerprint density at radius 3 is 2.95 bits per heavy atom. The Morgan fingerprint density at radius 1 is 1.52 bits per heavy atom. The van der Waals surface area contributed by atoms with Crippen molar-refractivity contribution in [2.75, 3.05) is 6.61 Å². The normalized spacial score (nSPS) is 31.5. The number of aliphatic hydroxyl groups is 2. The van der Waals surface area contributed by atoms with Gasteiger partial charge in [-0.25, -0.2) is 4.68 Å². The molecule has 0 aromatic carbocycles. The summed E-state index contributed by atoms with van der Waals surface area (Å²) in [5.74, 6) is -1.33. The molecule has 0 amide bonds. The average molecular weight is 297 g/mol. The molecule has 0 unspecified atom stereocenters. The fourth-order valence-electron chi connectivity index (χ4n) is 3.22. The quantitative estimate of drug-likeness (QED) is 0.762. The van der Waals surface area contributed by atoms with Crippen LogP contribution in [0, 0.1) is 0 Å². The first kappa shape index (κ1) is 14.9. The molecule has 3 atom stereocenters. The van der Waals surface area contributed by atoms with Crippen molar-refractivity contribution in [2.45, 2.75) is 70.2 Å².